The van der Waals surface area contributed by atoms with Gasteiger partial charge in [0.25, 0.3) is 0 Å². The highest BCUT2D eigenvalue weighted by Crippen LogP contribution is 2.41. The molecule has 0 aromatic carbocycles. The molecule has 0 saturated carbocycles. The molecule has 17 heavy (non-hydrogen) atoms. The maximum absolute atomic E-state index is 12.9. The molecule has 0 amide bonds. The molecule has 0 spiro atoms. The highest BCUT2D eigenvalue weighted by Gasteiger charge is 2.59. The number of hydrogen-bond donors (Lipinski definition) is 1. The average molecular weight is 255 g/mol. The molecule has 7 heteroatoms. The molecule has 0 aliphatic carbocycles. The summed E-state index contributed by atoms with van der Waals surface area (Å²) < 4.78 is 43.2. The first-order chi connectivity index (χ1) is 7.77. The molecule has 4 nitrogen and oxygen atoms in total. The van der Waals surface area contributed by atoms with Gasteiger partial charge in [-0.1, -0.05) is 6.92 Å². The number of halogens is 3. The minimum absolute atomic E-state index is 0.0815. The average Bonchev–Trinajstić information content (AvgIpc) is 2.63. The monoisotopic (exact) mass is 255 g/mol. The van der Waals surface area contributed by atoms with Gasteiger partial charge in [-0.25, -0.2) is 0 Å². The highest BCUT2D eigenvalue weighted by molar-refractivity contribution is 5.73. The number of rotatable bonds is 4. The summed E-state index contributed by atoms with van der Waals surface area (Å²) in [7, 11) is 1.01. The van der Waals surface area contributed by atoms with Crippen molar-refractivity contribution in [2.24, 2.45) is 0 Å². The molecule has 0 radical (unpaired) electrons. The number of methoxy groups -OCH3 is 1. The molecule has 1 fully saturated rings. The summed E-state index contributed by atoms with van der Waals surface area (Å²) in [5, 5.41) is 8.92. The van der Waals surface area contributed by atoms with Crippen LogP contribution in [0.1, 0.15) is 19.8 Å². The number of carbonyl (C=O) groups is 1. The Balaban J connectivity index is 2.84. The lowest BCUT2D eigenvalue weighted by Crippen LogP contribution is -2.51. The fourth-order valence-corrected chi connectivity index (χ4v) is 2.18. The van der Waals surface area contributed by atoms with Crippen LogP contribution in [0.3, 0.4) is 0 Å². The molecule has 0 aromatic heterocycles. The van der Waals surface area contributed by atoms with E-state index in [1.165, 1.54) is 4.90 Å². The van der Waals surface area contributed by atoms with Crippen molar-refractivity contribution in [2.45, 2.75) is 37.6 Å². The Morgan fingerprint density at radius 3 is 2.47 bits per heavy atom. The van der Waals surface area contributed by atoms with Crippen LogP contribution in [0.25, 0.3) is 0 Å². The first-order valence-corrected chi connectivity index (χ1v) is 5.36. The van der Waals surface area contributed by atoms with E-state index in [0.717, 1.165) is 7.11 Å². The van der Waals surface area contributed by atoms with E-state index in [4.69, 9.17) is 5.11 Å². The summed E-state index contributed by atoms with van der Waals surface area (Å²) in [4.78, 5) is 12.2. The van der Waals surface area contributed by atoms with Gasteiger partial charge in [0.2, 0.25) is 0 Å². The molecule has 0 bridgehead atoms. The molecule has 2 atom stereocenters. The van der Waals surface area contributed by atoms with Crippen molar-refractivity contribution in [3.05, 3.63) is 0 Å². The van der Waals surface area contributed by atoms with Crippen molar-refractivity contribution in [1.29, 1.82) is 0 Å². The fourth-order valence-electron chi connectivity index (χ4n) is 2.18. The minimum atomic E-state index is -4.48. The van der Waals surface area contributed by atoms with Gasteiger partial charge in [-0.3, -0.25) is 9.69 Å². The first kappa shape index (κ1) is 14.2. The zero-order valence-corrected chi connectivity index (χ0v) is 9.75. The lowest BCUT2D eigenvalue weighted by atomic mass is 10.0. The molecule has 0 unspecified atom stereocenters. The van der Waals surface area contributed by atoms with E-state index in [0.29, 0.717) is 0 Å². The van der Waals surface area contributed by atoms with Gasteiger partial charge in [0.15, 0.2) is 5.60 Å². The van der Waals surface area contributed by atoms with E-state index >= 15 is 0 Å². The molecule has 1 saturated heterocycles. The summed E-state index contributed by atoms with van der Waals surface area (Å²) in [6.45, 7) is 1.30. The van der Waals surface area contributed by atoms with Crippen molar-refractivity contribution < 1.29 is 27.8 Å². The van der Waals surface area contributed by atoms with Crippen LogP contribution in [-0.2, 0) is 9.53 Å². The summed E-state index contributed by atoms with van der Waals surface area (Å²) in [5.41, 5.74) is -2.23. The van der Waals surface area contributed by atoms with Crippen LogP contribution in [0.2, 0.25) is 0 Å². The lowest BCUT2D eigenvalue weighted by molar-refractivity contribution is -0.264. The minimum Gasteiger partial charge on any atom is -0.480 e. The van der Waals surface area contributed by atoms with Crippen molar-refractivity contribution >= 4 is 5.97 Å². The van der Waals surface area contributed by atoms with Crippen LogP contribution in [-0.4, -0.2) is 54.0 Å². The van der Waals surface area contributed by atoms with Crippen LogP contribution < -0.4 is 0 Å². The summed E-state index contributed by atoms with van der Waals surface area (Å²) in [6.07, 6.45) is -4.43. The third-order valence-electron chi connectivity index (χ3n) is 3.28. The largest absolute Gasteiger partial charge is 0.480 e. The Bertz CT molecular complexity index is 295. The fraction of sp³-hybridized carbons (Fsp3) is 0.900. The number of carboxylic acid groups (broad SMARTS) is 1. The number of aliphatic carboxylic acids is 1. The van der Waals surface area contributed by atoms with Gasteiger partial charge in [0.05, 0.1) is 0 Å². The predicted molar refractivity (Wildman–Crippen MR) is 53.7 cm³/mol. The molecule has 0 aromatic rings. The Kier molecular flexibility index (Phi) is 4.03. The standard InChI is InChI=1S/C10H16F3NO3/c1-3-7(8(15)16)14-5-4-9(6-14,17-2)10(11,12)13/h7H,3-6H2,1-2H3,(H,15,16)/t7-,9-/m0/s1. The van der Waals surface area contributed by atoms with E-state index in [2.05, 4.69) is 4.74 Å². The van der Waals surface area contributed by atoms with Crippen LogP contribution in [0, 0.1) is 0 Å². The van der Waals surface area contributed by atoms with Gasteiger partial charge < -0.3 is 9.84 Å². The van der Waals surface area contributed by atoms with Gasteiger partial charge in [0.1, 0.15) is 6.04 Å². The molecule has 1 aliphatic heterocycles. The summed E-state index contributed by atoms with van der Waals surface area (Å²) >= 11 is 0. The zero-order valence-electron chi connectivity index (χ0n) is 9.75. The lowest BCUT2D eigenvalue weighted by Gasteiger charge is -2.31. The van der Waals surface area contributed by atoms with Crippen molar-refractivity contribution in [1.82, 2.24) is 4.90 Å². The van der Waals surface area contributed by atoms with Gasteiger partial charge >= 0.3 is 12.1 Å². The molecular formula is C10H16F3NO3. The molecule has 100 valence electrons. The van der Waals surface area contributed by atoms with Gasteiger partial charge in [0, 0.05) is 20.2 Å². The second-order valence-corrected chi connectivity index (χ2v) is 4.18. The maximum atomic E-state index is 12.9. The molecule has 1 heterocycles. The van der Waals surface area contributed by atoms with E-state index in [9.17, 15) is 18.0 Å². The Morgan fingerprint density at radius 1 is 1.59 bits per heavy atom. The molecular weight excluding hydrogens is 239 g/mol. The first-order valence-electron chi connectivity index (χ1n) is 5.36. The second kappa shape index (κ2) is 4.81. The van der Waals surface area contributed by atoms with E-state index in [1.54, 1.807) is 6.92 Å². The number of alkyl halides is 3. The Morgan fingerprint density at radius 2 is 2.18 bits per heavy atom. The number of ether oxygens (including phenoxy) is 1. The predicted octanol–water partition coefficient (Wildman–Crippen LogP) is 1.50. The van der Waals surface area contributed by atoms with E-state index in [1.807, 2.05) is 0 Å². The Labute approximate surface area is 97.3 Å². The number of hydrogen-bond acceptors (Lipinski definition) is 3. The summed E-state index contributed by atoms with van der Waals surface area (Å²) in [5.74, 6) is -1.10. The van der Waals surface area contributed by atoms with Crippen molar-refractivity contribution in [3.63, 3.8) is 0 Å². The van der Waals surface area contributed by atoms with Crippen molar-refractivity contribution in [3.8, 4) is 0 Å². The van der Waals surface area contributed by atoms with Crippen LogP contribution >= 0.6 is 0 Å². The number of likely N-dealkylation sites (tertiary alicyclic amines) is 1. The highest BCUT2D eigenvalue weighted by atomic mass is 19.4. The van der Waals surface area contributed by atoms with Gasteiger partial charge in [-0.2, -0.15) is 13.2 Å². The van der Waals surface area contributed by atoms with Crippen LogP contribution in [0.5, 0.6) is 0 Å². The Hall–Kier alpha value is -0.820. The van der Waals surface area contributed by atoms with Gasteiger partial charge in [-0.05, 0) is 12.8 Å². The molecule has 1 aliphatic rings. The number of carboxylic acids is 1. The quantitative estimate of drug-likeness (QED) is 0.827. The third kappa shape index (κ3) is 2.55. The molecule has 1 rings (SSSR count). The zero-order chi connectivity index (χ0) is 13.3. The van der Waals surface area contributed by atoms with Gasteiger partial charge in [-0.15, -0.1) is 0 Å². The van der Waals surface area contributed by atoms with E-state index < -0.39 is 30.3 Å². The van der Waals surface area contributed by atoms with Crippen LogP contribution in [0.4, 0.5) is 13.2 Å². The normalized spacial score (nSPS) is 28.3. The number of nitrogens with zero attached hydrogens (tertiary/aromatic N) is 1. The second-order valence-electron chi connectivity index (χ2n) is 4.18. The maximum Gasteiger partial charge on any atom is 0.418 e. The third-order valence-corrected chi connectivity index (χ3v) is 3.28. The summed E-state index contributed by atoms with van der Waals surface area (Å²) in [6, 6.07) is -0.880. The molecule has 1 N–H and O–H groups in total. The van der Waals surface area contributed by atoms with Crippen molar-refractivity contribution in [2.75, 3.05) is 20.2 Å². The van der Waals surface area contributed by atoms with E-state index in [-0.39, 0.29) is 19.4 Å². The van der Waals surface area contributed by atoms with Crippen LogP contribution in [0.15, 0.2) is 0 Å². The topological polar surface area (TPSA) is 49.8 Å². The SMILES string of the molecule is CC[C@@H](C(=O)O)N1CC[C@@](OC)(C(F)(F)F)C1. The smallest absolute Gasteiger partial charge is 0.418 e.